The molecular weight excluding hydrogens is 318 g/mol. The Morgan fingerprint density at radius 2 is 1.85 bits per heavy atom. The fourth-order valence-electron chi connectivity index (χ4n) is 1.93. The van der Waals surface area contributed by atoms with E-state index in [-0.39, 0.29) is 0 Å². The van der Waals surface area contributed by atoms with Gasteiger partial charge >= 0.3 is 0 Å². The van der Waals surface area contributed by atoms with Gasteiger partial charge in [-0.3, -0.25) is 0 Å². The van der Waals surface area contributed by atoms with Gasteiger partial charge in [0.25, 0.3) is 0 Å². The van der Waals surface area contributed by atoms with E-state index >= 15 is 0 Å². The molecule has 0 saturated heterocycles. The SMILES string of the molecule is CCc1nc(NN)c(C)c(Nc2cc(C)cc(Br)c2)n1. The molecule has 0 atom stereocenters. The summed E-state index contributed by atoms with van der Waals surface area (Å²) in [6.07, 6.45) is 0.751. The number of hydrogen-bond acceptors (Lipinski definition) is 5. The van der Waals surface area contributed by atoms with E-state index in [2.05, 4.69) is 48.8 Å². The topological polar surface area (TPSA) is 75.9 Å². The van der Waals surface area contributed by atoms with Gasteiger partial charge in [-0.15, -0.1) is 0 Å². The number of aryl methyl sites for hydroxylation is 2. The van der Waals surface area contributed by atoms with Crippen molar-refractivity contribution >= 4 is 33.3 Å². The smallest absolute Gasteiger partial charge is 0.148 e. The fourth-order valence-corrected chi connectivity index (χ4v) is 2.54. The van der Waals surface area contributed by atoms with E-state index in [1.165, 1.54) is 5.56 Å². The molecule has 2 rings (SSSR count). The summed E-state index contributed by atoms with van der Waals surface area (Å²) in [6, 6.07) is 6.13. The van der Waals surface area contributed by atoms with Crippen LogP contribution in [0.5, 0.6) is 0 Å². The Balaban J connectivity index is 2.41. The monoisotopic (exact) mass is 335 g/mol. The van der Waals surface area contributed by atoms with Crippen LogP contribution < -0.4 is 16.6 Å². The first kappa shape index (κ1) is 14.7. The van der Waals surface area contributed by atoms with Gasteiger partial charge in [0.2, 0.25) is 0 Å². The largest absolute Gasteiger partial charge is 0.340 e. The number of halogens is 1. The number of hydrazine groups is 1. The maximum absolute atomic E-state index is 5.51. The fraction of sp³-hybridized carbons (Fsp3) is 0.286. The van der Waals surface area contributed by atoms with Crippen molar-refractivity contribution in [2.24, 2.45) is 5.84 Å². The van der Waals surface area contributed by atoms with Gasteiger partial charge in [0.05, 0.1) is 0 Å². The molecule has 0 radical (unpaired) electrons. The van der Waals surface area contributed by atoms with Gasteiger partial charge in [-0.25, -0.2) is 15.8 Å². The molecule has 106 valence electrons. The predicted octanol–water partition coefficient (Wildman–Crippen LogP) is 3.45. The van der Waals surface area contributed by atoms with Crippen LogP contribution in [-0.4, -0.2) is 9.97 Å². The van der Waals surface area contributed by atoms with Crippen LogP contribution in [0.3, 0.4) is 0 Å². The van der Waals surface area contributed by atoms with Crippen LogP contribution in [0.25, 0.3) is 0 Å². The molecule has 0 fully saturated rings. The lowest BCUT2D eigenvalue weighted by Gasteiger charge is -2.13. The summed E-state index contributed by atoms with van der Waals surface area (Å²) in [5.74, 6) is 7.67. The number of benzene rings is 1. The van der Waals surface area contributed by atoms with Crippen molar-refractivity contribution in [3.05, 3.63) is 39.6 Å². The molecule has 20 heavy (non-hydrogen) atoms. The number of hydrogen-bond donors (Lipinski definition) is 3. The molecule has 2 aromatic rings. The Morgan fingerprint density at radius 3 is 2.45 bits per heavy atom. The Hall–Kier alpha value is -1.66. The normalized spacial score (nSPS) is 10.4. The van der Waals surface area contributed by atoms with E-state index in [0.29, 0.717) is 5.82 Å². The van der Waals surface area contributed by atoms with Crippen molar-refractivity contribution in [2.75, 3.05) is 10.7 Å². The lowest BCUT2D eigenvalue weighted by atomic mass is 10.2. The highest BCUT2D eigenvalue weighted by Gasteiger charge is 2.10. The van der Waals surface area contributed by atoms with Crippen LogP contribution in [0.15, 0.2) is 22.7 Å². The van der Waals surface area contributed by atoms with Gasteiger partial charge in [0, 0.05) is 22.1 Å². The van der Waals surface area contributed by atoms with Crippen molar-refractivity contribution in [1.29, 1.82) is 0 Å². The van der Waals surface area contributed by atoms with Crippen molar-refractivity contribution in [2.45, 2.75) is 27.2 Å². The van der Waals surface area contributed by atoms with Crippen LogP contribution in [0, 0.1) is 13.8 Å². The molecule has 0 spiro atoms. The number of aromatic nitrogens is 2. The Morgan fingerprint density at radius 1 is 1.15 bits per heavy atom. The zero-order valence-electron chi connectivity index (χ0n) is 11.8. The first-order valence-electron chi connectivity index (χ1n) is 6.41. The van der Waals surface area contributed by atoms with Crippen molar-refractivity contribution < 1.29 is 0 Å². The molecule has 0 amide bonds. The number of nitrogens with two attached hydrogens (primary N) is 1. The molecule has 4 N–H and O–H groups in total. The summed E-state index contributed by atoms with van der Waals surface area (Å²) in [5.41, 5.74) is 5.65. The maximum atomic E-state index is 5.51. The van der Waals surface area contributed by atoms with Gasteiger partial charge in [-0.2, -0.15) is 0 Å². The number of nitrogens with one attached hydrogen (secondary N) is 2. The second-order valence-electron chi connectivity index (χ2n) is 4.60. The van der Waals surface area contributed by atoms with E-state index in [1.807, 2.05) is 26.8 Å². The molecule has 0 bridgehead atoms. The number of rotatable bonds is 4. The van der Waals surface area contributed by atoms with Gasteiger partial charge in [-0.1, -0.05) is 22.9 Å². The molecule has 1 heterocycles. The highest BCUT2D eigenvalue weighted by Crippen LogP contribution is 2.26. The molecule has 0 saturated carbocycles. The molecule has 0 aliphatic rings. The summed E-state index contributed by atoms with van der Waals surface area (Å²) in [4.78, 5) is 8.87. The second-order valence-corrected chi connectivity index (χ2v) is 5.52. The lowest BCUT2D eigenvalue weighted by molar-refractivity contribution is 0.932. The van der Waals surface area contributed by atoms with Gasteiger partial charge in [0.15, 0.2) is 0 Å². The van der Waals surface area contributed by atoms with Gasteiger partial charge in [0.1, 0.15) is 17.5 Å². The average Bonchev–Trinajstić information content (AvgIpc) is 2.40. The zero-order valence-corrected chi connectivity index (χ0v) is 13.4. The summed E-state index contributed by atoms with van der Waals surface area (Å²) < 4.78 is 1.03. The second kappa shape index (κ2) is 6.19. The van der Waals surface area contributed by atoms with Crippen molar-refractivity contribution in [1.82, 2.24) is 9.97 Å². The third-order valence-corrected chi connectivity index (χ3v) is 3.41. The third kappa shape index (κ3) is 3.26. The minimum absolute atomic E-state index is 0.645. The van der Waals surface area contributed by atoms with Crippen molar-refractivity contribution in [3.63, 3.8) is 0 Å². The number of nitrogen functional groups attached to an aromatic ring is 1. The molecule has 0 aliphatic heterocycles. The minimum Gasteiger partial charge on any atom is -0.340 e. The van der Waals surface area contributed by atoms with Crippen LogP contribution in [0.1, 0.15) is 23.9 Å². The van der Waals surface area contributed by atoms with Crippen LogP contribution in [0.4, 0.5) is 17.3 Å². The van der Waals surface area contributed by atoms with E-state index in [0.717, 1.165) is 33.8 Å². The molecular formula is C14H18BrN5. The Labute approximate surface area is 127 Å². The van der Waals surface area contributed by atoms with Crippen LogP contribution in [0.2, 0.25) is 0 Å². The molecule has 1 aromatic carbocycles. The standard InChI is InChI=1S/C14H18BrN5/c1-4-12-18-13(9(3)14(19-12)20-16)17-11-6-8(2)5-10(15)7-11/h5-7H,4,16H2,1-3H3,(H2,17,18,19,20). The van der Waals surface area contributed by atoms with E-state index in [1.54, 1.807) is 0 Å². The predicted molar refractivity (Wildman–Crippen MR) is 86.1 cm³/mol. The number of nitrogens with zero attached hydrogens (tertiary/aromatic N) is 2. The highest BCUT2D eigenvalue weighted by atomic mass is 79.9. The molecule has 0 aliphatic carbocycles. The highest BCUT2D eigenvalue weighted by molar-refractivity contribution is 9.10. The number of anilines is 3. The summed E-state index contributed by atoms with van der Waals surface area (Å²) >= 11 is 3.50. The van der Waals surface area contributed by atoms with Gasteiger partial charge in [-0.05, 0) is 37.6 Å². The quantitative estimate of drug-likeness (QED) is 0.589. The van der Waals surface area contributed by atoms with Crippen LogP contribution >= 0.6 is 15.9 Å². The van der Waals surface area contributed by atoms with Crippen molar-refractivity contribution in [3.8, 4) is 0 Å². The summed E-state index contributed by atoms with van der Waals surface area (Å²) in [5, 5.41) is 3.33. The Kier molecular flexibility index (Phi) is 4.57. The molecule has 0 unspecified atom stereocenters. The minimum atomic E-state index is 0.645. The van der Waals surface area contributed by atoms with Crippen LogP contribution in [-0.2, 0) is 6.42 Å². The van der Waals surface area contributed by atoms with E-state index in [9.17, 15) is 0 Å². The third-order valence-electron chi connectivity index (χ3n) is 2.95. The summed E-state index contributed by atoms with van der Waals surface area (Å²) in [7, 11) is 0. The lowest BCUT2D eigenvalue weighted by Crippen LogP contribution is -2.13. The molecule has 6 heteroatoms. The summed E-state index contributed by atoms with van der Waals surface area (Å²) in [6.45, 7) is 5.99. The first-order chi connectivity index (χ1) is 9.53. The molecule has 1 aromatic heterocycles. The average molecular weight is 336 g/mol. The maximum Gasteiger partial charge on any atom is 0.148 e. The molecule has 5 nitrogen and oxygen atoms in total. The first-order valence-corrected chi connectivity index (χ1v) is 7.21. The van der Waals surface area contributed by atoms with E-state index < -0.39 is 0 Å². The van der Waals surface area contributed by atoms with Gasteiger partial charge < -0.3 is 10.7 Å². The van der Waals surface area contributed by atoms with E-state index in [4.69, 9.17) is 5.84 Å². The Bertz CT molecular complexity index is 607. The zero-order chi connectivity index (χ0) is 14.7.